The second kappa shape index (κ2) is 9.68. The Balaban J connectivity index is 1.34. The van der Waals surface area contributed by atoms with Crippen LogP contribution >= 0.6 is 11.3 Å². The number of aryl methyl sites for hydroxylation is 1. The third-order valence-corrected chi connectivity index (χ3v) is 7.20. The molecule has 1 aliphatic carbocycles. The number of para-hydroxylation sites is 1. The molecule has 2 aliphatic rings. The molecule has 2 amide bonds. The van der Waals surface area contributed by atoms with E-state index in [1.54, 1.807) is 18.3 Å². The van der Waals surface area contributed by atoms with Gasteiger partial charge < -0.3 is 19.9 Å². The molecule has 1 aliphatic heterocycles. The molecule has 7 nitrogen and oxygen atoms in total. The van der Waals surface area contributed by atoms with E-state index >= 15 is 0 Å². The van der Waals surface area contributed by atoms with Crippen LogP contribution in [0.1, 0.15) is 36.4 Å². The SMILES string of the molecule is CCOc1ccccc1CNC(=O)C1CCc2nc(N3CCN(C(C)=O)CC3)sc2C1. The van der Waals surface area contributed by atoms with Crippen LogP contribution in [0.15, 0.2) is 24.3 Å². The Hall–Kier alpha value is -2.61. The minimum Gasteiger partial charge on any atom is -0.494 e. The maximum Gasteiger partial charge on any atom is 0.223 e. The Kier molecular flexibility index (Phi) is 6.75. The van der Waals surface area contributed by atoms with E-state index in [-0.39, 0.29) is 17.7 Å². The molecule has 1 saturated heterocycles. The summed E-state index contributed by atoms with van der Waals surface area (Å²) >= 11 is 1.71. The number of benzene rings is 1. The fourth-order valence-corrected chi connectivity index (χ4v) is 5.44. The van der Waals surface area contributed by atoms with Gasteiger partial charge in [0.1, 0.15) is 5.75 Å². The number of ether oxygens (including phenoxy) is 1. The summed E-state index contributed by atoms with van der Waals surface area (Å²) in [6.07, 6.45) is 2.42. The van der Waals surface area contributed by atoms with Crippen LogP contribution in [0.2, 0.25) is 0 Å². The van der Waals surface area contributed by atoms with E-state index in [9.17, 15) is 9.59 Å². The molecule has 1 atom stereocenters. The minimum absolute atomic E-state index is 0.0189. The van der Waals surface area contributed by atoms with Gasteiger partial charge in [-0.05, 0) is 32.3 Å². The molecule has 8 heteroatoms. The van der Waals surface area contributed by atoms with Crippen LogP contribution < -0.4 is 15.0 Å². The zero-order chi connectivity index (χ0) is 21.8. The first-order chi connectivity index (χ1) is 15.0. The molecule has 1 aromatic carbocycles. The van der Waals surface area contributed by atoms with E-state index in [1.165, 1.54) is 4.88 Å². The van der Waals surface area contributed by atoms with Gasteiger partial charge in [0.05, 0.1) is 12.3 Å². The second-order valence-corrected chi connectivity index (χ2v) is 9.12. The number of aromatic nitrogens is 1. The van der Waals surface area contributed by atoms with Crippen LogP contribution in [0.3, 0.4) is 0 Å². The fourth-order valence-electron chi connectivity index (χ4n) is 4.21. The number of nitrogens with one attached hydrogen (secondary N) is 1. The van der Waals surface area contributed by atoms with E-state index in [4.69, 9.17) is 9.72 Å². The Morgan fingerprint density at radius 1 is 1.23 bits per heavy atom. The minimum atomic E-state index is -0.0189. The van der Waals surface area contributed by atoms with Crippen LogP contribution in [0.5, 0.6) is 5.75 Å². The number of rotatable bonds is 6. The van der Waals surface area contributed by atoms with Crippen molar-refractivity contribution in [2.45, 2.75) is 39.7 Å². The molecule has 4 rings (SSSR count). The largest absolute Gasteiger partial charge is 0.494 e. The number of thiazole rings is 1. The predicted molar refractivity (Wildman–Crippen MR) is 122 cm³/mol. The third-order valence-electron chi connectivity index (χ3n) is 6.02. The summed E-state index contributed by atoms with van der Waals surface area (Å²) in [5, 5.41) is 4.13. The maximum absolute atomic E-state index is 12.8. The zero-order valence-corrected chi connectivity index (χ0v) is 19.0. The molecule has 31 heavy (non-hydrogen) atoms. The van der Waals surface area contributed by atoms with E-state index < -0.39 is 0 Å². The summed E-state index contributed by atoms with van der Waals surface area (Å²) < 4.78 is 5.66. The summed E-state index contributed by atoms with van der Waals surface area (Å²) in [5.41, 5.74) is 2.14. The Bertz CT molecular complexity index is 937. The van der Waals surface area contributed by atoms with Gasteiger partial charge in [-0.3, -0.25) is 9.59 Å². The number of carbonyl (C=O) groups is 2. The van der Waals surface area contributed by atoms with E-state index in [2.05, 4.69) is 10.2 Å². The maximum atomic E-state index is 12.8. The molecule has 0 saturated carbocycles. The average Bonchev–Trinajstić information content (AvgIpc) is 3.22. The highest BCUT2D eigenvalue weighted by Crippen LogP contribution is 2.34. The van der Waals surface area contributed by atoms with Gasteiger partial charge in [0.15, 0.2) is 5.13 Å². The summed E-state index contributed by atoms with van der Waals surface area (Å²) in [4.78, 5) is 34.6. The molecule has 2 heterocycles. The Labute approximate surface area is 187 Å². The lowest BCUT2D eigenvalue weighted by Gasteiger charge is -2.33. The predicted octanol–water partition coefficient (Wildman–Crippen LogP) is 2.63. The van der Waals surface area contributed by atoms with Crippen LogP contribution in [-0.4, -0.2) is 54.5 Å². The van der Waals surface area contributed by atoms with Gasteiger partial charge in [0, 0.05) is 56.0 Å². The van der Waals surface area contributed by atoms with Crippen molar-refractivity contribution in [1.82, 2.24) is 15.2 Å². The second-order valence-electron chi connectivity index (χ2n) is 8.06. The number of hydrogen-bond donors (Lipinski definition) is 1. The molecular weight excluding hydrogens is 412 g/mol. The quantitative estimate of drug-likeness (QED) is 0.744. The molecule has 0 radical (unpaired) electrons. The van der Waals surface area contributed by atoms with Crippen LogP contribution in [0, 0.1) is 5.92 Å². The van der Waals surface area contributed by atoms with Crippen LogP contribution in [-0.2, 0) is 29.0 Å². The van der Waals surface area contributed by atoms with E-state index in [1.807, 2.05) is 36.1 Å². The molecule has 166 valence electrons. The highest BCUT2D eigenvalue weighted by Gasteiger charge is 2.29. The Morgan fingerprint density at radius 2 is 2.00 bits per heavy atom. The number of hydrogen-bond acceptors (Lipinski definition) is 6. The van der Waals surface area contributed by atoms with Crippen molar-refractivity contribution in [2.24, 2.45) is 5.92 Å². The molecule has 0 bridgehead atoms. The molecular formula is C23H30N4O3S. The van der Waals surface area contributed by atoms with Crippen molar-refractivity contribution < 1.29 is 14.3 Å². The summed E-state index contributed by atoms with van der Waals surface area (Å²) in [6, 6.07) is 7.84. The monoisotopic (exact) mass is 442 g/mol. The summed E-state index contributed by atoms with van der Waals surface area (Å²) in [6.45, 7) is 7.78. The summed E-state index contributed by atoms with van der Waals surface area (Å²) in [5.74, 6) is 1.04. The van der Waals surface area contributed by atoms with E-state index in [0.29, 0.717) is 13.2 Å². The first-order valence-corrected chi connectivity index (χ1v) is 11.8. The molecule has 1 aromatic heterocycles. The van der Waals surface area contributed by atoms with Crippen molar-refractivity contribution in [1.29, 1.82) is 0 Å². The number of amides is 2. The first kappa shape index (κ1) is 21.6. The number of carbonyl (C=O) groups excluding carboxylic acids is 2. The highest BCUT2D eigenvalue weighted by molar-refractivity contribution is 7.15. The molecule has 2 aromatic rings. The van der Waals surface area contributed by atoms with Crippen LogP contribution in [0.4, 0.5) is 5.13 Å². The van der Waals surface area contributed by atoms with Gasteiger partial charge in [-0.1, -0.05) is 18.2 Å². The molecule has 0 spiro atoms. The summed E-state index contributed by atoms with van der Waals surface area (Å²) in [7, 11) is 0. The highest BCUT2D eigenvalue weighted by atomic mass is 32.1. The topological polar surface area (TPSA) is 74.8 Å². The van der Waals surface area contributed by atoms with Crippen molar-refractivity contribution in [3.8, 4) is 5.75 Å². The normalized spacial score (nSPS) is 18.5. The fraction of sp³-hybridized carbons (Fsp3) is 0.522. The van der Waals surface area contributed by atoms with Crippen molar-refractivity contribution in [3.05, 3.63) is 40.4 Å². The van der Waals surface area contributed by atoms with Gasteiger partial charge in [-0.2, -0.15) is 0 Å². The lowest BCUT2D eigenvalue weighted by molar-refractivity contribution is -0.129. The number of nitrogens with zero attached hydrogens (tertiary/aromatic N) is 3. The number of piperazine rings is 1. The van der Waals surface area contributed by atoms with Gasteiger partial charge >= 0.3 is 0 Å². The van der Waals surface area contributed by atoms with Gasteiger partial charge in [0.2, 0.25) is 11.8 Å². The molecule has 1 unspecified atom stereocenters. The average molecular weight is 443 g/mol. The molecule has 1 fully saturated rings. The smallest absolute Gasteiger partial charge is 0.223 e. The lowest BCUT2D eigenvalue weighted by atomic mass is 9.90. The lowest BCUT2D eigenvalue weighted by Crippen LogP contribution is -2.48. The third kappa shape index (κ3) is 5.01. The Morgan fingerprint density at radius 3 is 2.74 bits per heavy atom. The van der Waals surface area contributed by atoms with E-state index in [0.717, 1.165) is 67.6 Å². The molecule has 1 N–H and O–H groups in total. The van der Waals surface area contributed by atoms with Gasteiger partial charge in [0.25, 0.3) is 0 Å². The number of anilines is 1. The van der Waals surface area contributed by atoms with Crippen LogP contribution in [0.25, 0.3) is 0 Å². The van der Waals surface area contributed by atoms with Crippen molar-refractivity contribution >= 4 is 28.3 Å². The first-order valence-electron chi connectivity index (χ1n) is 11.0. The van der Waals surface area contributed by atoms with Gasteiger partial charge in [-0.15, -0.1) is 11.3 Å². The number of fused-ring (bicyclic) bond motifs is 1. The van der Waals surface area contributed by atoms with Crippen molar-refractivity contribution in [3.63, 3.8) is 0 Å². The van der Waals surface area contributed by atoms with Crippen molar-refractivity contribution in [2.75, 3.05) is 37.7 Å². The zero-order valence-electron chi connectivity index (χ0n) is 18.2. The van der Waals surface area contributed by atoms with Gasteiger partial charge in [-0.25, -0.2) is 4.98 Å². The standard InChI is InChI=1S/C23H30N4O3S/c1-3-30-20-7-5-4-6-18(20)15-24-22(29)17-8-9-19-21(14-17)31-23(25-19)27-12-10-26(11-13-27)16(2)28/h4-7,17H,3,8-15H2,1-2H3,(H,24,29).